The summed E-state index contributed by atoms with van der Waals surface area (Å²) in [5.41, 5.74) is 1.48. The molecule has 2 N–H and O–H groups in total. The highest BCUT2D eigenvalue weighted by Crippen LogP contribution is 2.14. The third-order valence-corrected chi connectivity index (χ3v) is 3.99. The molecule has 0 bridgehead atoms. The number of rotatable bonds is 9. The van der Waals surface area contributed by atoms with Crippen LogP contribution in [-0.4, -0.2) is 31.5 Å². The Morgan fingerprint density at radius 2 is 1.84 bits per heavy atom. The molecule has 0 radical (unpaired) electrons. The van der Waals surface area contributed by atoms with Crippen LogP contribution in [0.5, 0.6) is 5.75 Å². The molecule has 2 aromatic rings. The molecule has 1 heterocycles. The molecular weight excluding hydrogens is 350 g/mol. The lowest BCUT2D eigenvalue weighted by molar-refractivity contribution is -0.120. The van der Waals surface area contributed by atoms with Gasteiger partial charge in [0.1, 0.15) is 5.75 Å². The summed E-state index contributed by atoms with van der Waals surface area (Å²) >= 11 is 1.44. The van der Waals surface area contributed by atoms with Gasteiger partial charge >= 0.3 is 6.61 Å². The topological polar surface area (TPSA) is 67.4 Å². The van der Waals surface area contributed by atoms with Crippen LogP contribution in [-0.2, 0) is 11.2 Å². The molecule has 2 rings (SSSR count). The average molecular weight is 368 g/mol. The van der Waals surface area contributed by atoms with Gasteiger partial charge in [-0.2, -0.15) is 20.1 Å². The lowest BCUT2D eigenvalue weighted by atomic mass is 10.1. The van der Waals surface area contributed by atoms with Crippen molar-refractivity contribution in [2.24, 2.45) is 0 Å². The fourth-order valence-corrected chi connectivity index (χ4v) is 2.69. The smallest absolute Gasteiger partial charge is 0.387 e. The van der Waals surface area contributed by atoms with E-state index in [-0.39, 0.29) is 30.5 Å². The van der Waals surface area contributed by atoms with Gasteiger partial charge in [0.05, 0.1) is 0 Å². The van der Waals surface area contributed by atoms with Crippen LogP contribution in [0.1, 0.15) is 22.3 Å². The largest absolute Gasteiger partial charge is 0.435 e. The molecule has 0 atom stereocenters. The summed E-state index contributed by atoms with van der Waals surface area (Å²) in [7, 11) is 0. The maximum atomic E-state index is 12.0. The molecule has 0 fully saturated rings. The Balaban J connectivity index is 1.61. The number of benzene rings is 1. The van der Waals surface area contributed by atoms with Gasteiger partial charge in [0.15, 0.2) is 0 Å². The minimum Gasteiger partial charge on any atom is -0.435 e. The second-order valence-electron chi connectivity index (χ2n) is 5.14. The van der Waals surface area contributed by atoms with Gasteiger partial charge in [0, 0.05) is 30.5 Å². The number of ether oxygens (including phenoxy) is 1. The van der Waals surface area contributed by atoms with Crippen LogP contribution in [0.3, 0.4) is 0 Å². The number of nitrogens with one attached hydrogen (secondary N) is 2. The number of hydrogen-bond acceptors (Lipinski definition) is 4. The van der Waals surface area contributed by atoms with Gasteiger partial charge in [-0.25, -0.2) is 0 Å². The molecule has 1 aromatic carbocycles. The van der Waals surface area contributed by atoms with Crippen LogP contribution < -0.4 is 15.4 Å². The maximum absolute atomic E-state index is 12.0. The summed E-state index contributed by atoms with van der Waals surface area (Å²) in [5.74, 6) is -0.257. The predicted molar refractivity (Wildman–Crippen MR) is 91.1 cm³/mol. The van der Waals surface area contributed by atoms with E-state index in [1.165, 1.54) is 23.5 Å². The molecule has 2 amide bonds. The standard InChI is InChI=1S/C17H18F2N2O3S/c18-17(19)24-14-3-1-12(2-4-14)5-8-20-15(22)6-9-21-16(23)13-7-10-25-11-13/h1-4,7,10-11,17H,5-6,8-9H2,(H,20,22)(H,21,23). The highest BCUT2D eigenvalue weighted by Gasteiger charge is 2.07. The van der Waals surface area contributed by atoms with E-state index in [9.17, 15) is 18.4 Å². The first kappa shape index (κ1) is 18.9. The molecule has 0 aliphatic carbocycles. The number of halogens is 2. The molecule has 1 aromatic heterocycles. The zero-order valence-corrected chi connectivity index (χ0v) is 14.2. The number of hydrogen-bond donors (Lipinski definition) is 2. The second kappa shape index (κ2) is 9.73. The Kier molecular flexibility index (Phi) is 7.34. The number of carbonyl (C=O) groups excluding carboxylic acids is 2. The minimum atomic E-state index is -2.84. The summed E-state index contributed by atoms with van der Waals surface area (Å²) in [4.78, 5) is 23.4. The zero-order valence-electron chi connectivity index (χ0n) is 13.3. The normalized spacial score (nSPS) is 10.5. The highest BCUT2D eigenvalue weighted by atomic mass is 32.1. The number of thiophene rings is 1. The second-order valence-corrected chi connectivity index (χ2v) is 5.92. The van der Waals surface area contributed by atoms with E-state index < -0.39 is 6.61 Å². The average Bonchev–Trinajstić information content (AvgIpc) is 3.10. The van der Waals surface area contributed by atoms with Crippen LogP contribution in [0.25, 0.3) is 0 Å². The minimum absolute atomic E-state index is 0.101. The SMILES string of the molecule is O=C(CCNC(=O)c1ccsc1)NCCc1ccc(OC(F)F)cc1. The Hall–Kier alpha value is -2.48. The van der Waals surface area contributed by atoms with Gasteiger partial charge < -0.3 is 15.4 Å². The first-order chi connectivity index (χ1) is 12.0. The molecule has 134 valence electrons. The molecule has 25 heavy (non-hydrogen) atoms. The molecule has 0 saturated carbocycles. The van der Waals surface area contributed by atoms with E-state index in [4.69, 9.17) is 0 Å². The lowest BCUT2D eigenvalue weighted by Gasteiger charge is -2.08. The van der Waals surface area contributed by atoms with Gasteiger partial charge in [0.2, 0.25) is 5.91 Å². The summed E-state index contributed by atoms with van der Waals surface area (Å²) in [6.45, 7) is -2.16. The van der Waals surface area contributed by atoms with E-state index in [1.54, 1.807) is 23.6 Å². The summed E-state index contributed by atoms with van der Waals surface area (Å²) < 4.78 is 28.4. The van der Waals surface area contributed by atoms with Crippen molar-refractivity contribution in [3.8, 4) is 5.75 Å². The Morgan fingerprint density at radius 3 is 2.48 bits per heavy atom. The van der Waals surface area contributed by atoms with E-state index in [2.05, 4.69) is 15.4 Å². The Morgan fingerprint density at radius 1 is 1.08 bits per heavy atom. The van der Waals surface area contributed by atoms with Gasteiger partial charge in [0.25, 0.3) is 5.91 Å². The molecule has 0 aliphatic heterocycles. The van der Waals surface area contributed by atoms with E-state index in [1.807, 2.05) is 5.38 Å². The summed E-state index contributed by atoms with van der Waals surface area (Å²) in [6, 6.07) is 7.99. The van der Waals surface area contributed by atoms with E-state index >= 15 is 0 Å². The van der Waals surface area contributed by atoms with Crippen LogP contribution in [0.4, 0.5) is 8.78 Å². The van der Waals surface area contributed by atoms with Crippen LogP contribution >= 0.6 is 11.3 Å². The highest BCUT2D eigenvalue weighted by molar-refractivity contribution is 7.08. The Labute approximate surface area is 148 Å². The van der Waals surface area contributed by atoms with Crippen molar-refractivity contribution in [1.82, 2.24) is 10.6 Å². The van der Waals surface area contributed by atoms with Gasteiger partial charge in [-0.3, -0.25) is 9.59 Å². The fourth-order valence-electron chi connectivity index (χ4n) is 2.06. The lowest BCUT2D eigenvalue weighted by Crippen LogP contribution is -2.31. The van der Waals surface area contributed by atoms with Crippen molar-refractivity contribution in [1.29, 1.82) is 0 Å². The molecule has 8 heteroatoms. The van der Waals surface area contributed by atoms with Crippen LogP contribution in [0.2, 0.25) is 0 Å². The monoisotopic (exact) mass is 368 g/mol. The third-order valence-electron chi connectivity index (χ3n) is 3.31. The maximum Gasteiger partial charge on any atom is 0.387 e. The van der Waals surface area contributed by atoms with Gasteiger partial charge in [-0.1, -0.05) is 12.1 Å². The molecular formula is C17H18F2N2O3S. The van der Waals surface area contributed by atoms with Gasteiger partial charge in [-0.05, 0) is 35.6 Å². The van der Waals surface area contributed by atoms with Crippen LogP contribution in [0.15, 0.2) is 41.1 Å². The summed E-state index contributed by atoms with van der Waals surface area (Å²) in [5, 5.41) is 8.98. The van der Waals surface area contributed by atoms with Crippen molar-refractivity contribution in [2.75, 3.05) is 13.1 Å². The number of amides is 2. The molecule has 0 aliphatic rings. The van der Waals surface area contributed by atoms with Crippen LogP contribution in [0, 0.1) is 0 Å². The molecule has 0 spiro atoms. The number of alkyl halides is 2. The van der Waals surface area contributed by atoms with E-state index in [0.29, 0.717) is 18.5 Å². The first-order valence-electron chi connectivity index (χ1n) is 7.65. The van der Waals surface area contributed by atoms with Crippen molar-refractivity contribution in [3.63, 3.8) is 0 Å². The fraction of sp³-hybridized carbons (Fsp3) is 0.294. The summed E-state index contributed by atoms with van der Waals surface area (Å²) in [6.07, 6.45) is 0.763. The van der Waals surface area contributed by atoms with Crippen molar-refractivity contribution in [3.05, 3.63) is 52.2 Å². The third kappa shape index (κ3) is 6.88. The molecule has 0 unspecified atom stereocenters. The zero-order chi connectivity index (χ0) is 18.1. The quantitative estimate of drug-likeness (QED) is 0.715. The predicted octanol–water partition coefficient (Wildman–Crippen LogP) is 2.83. The van der Waals surface area contributed by atoms with E-state index in [0.717, 1.165) is 5.56 Å². The van der Waals surface area contributed by atoms with Crippen molar-refractivity contribution >= 4 is 23.2 Å². The molecule has 5 nitrogen and oxygen atoms in total. The van der Waals surface area contributed by atoms with Crippen molar-refractivity contribution in [2.45, 2.75) is 19.5 Å². The Bertz CT molecular complexity index is 676. The van der Waals surface area contributed by atoms with Gasteiger partial charge in [-0.15, -0.1) is 0 Å². The molecule has 0 saturated heterocycles. The first-order valence-corrected chi connectivity index (χ1v) is 8.59. The number of carbonyl (C=O) groups is 2. The van der Waals surface area contributed by atoms with Crippen molar-refractivity contribution < 1.29 is 23.1 Å².